The van der Waals surface area contributed by atoms with E-state index in [1.54, 1.807) is 50.4 Å². The molecule has 1 aromatic carbocycles. The van der Waals surface area contributed by atoms with Gasteiger partial charge in [0.2, 0.25) is 0 Å². The van der Waals surface area contributed by atoms with Crippen LogP contribution < -0.4 is 10.1 Å². The fourth-order valence-corrected chi connectivity index (χ4v) is 1.70. The number of methoxy groups -OCH3 is 1. The van der Waals surface area contributed by atoms with Crippen molar-refractivity contribution in [1.29, 1.82) is 0 Å². The molecule has 4 nitrogen and oxygen atoms in total. The SMILES string of the molecule is COc1cccc(NC(=O)c2ccc(C(C)Cl)o2)c1. The quantitative estimate of drug-likeness (QED) is 0.865. The zero-order valence-electron chi connectivity index (χ0n) is 10.6. The summed E-state index contributed by atoms with van der Waals surface area (Å²) < 4.78 is 10.4. The Bertz CT molecular complexity index is 578. The monoisotopic (exact) mass is 279 g/mol. The number of anilines is 1. The fourth-order valence-electron chi connectivity index (χ4n) is 1.58. The van der Waals surface area contributed by atoms with Crippen molar-refractivity contribution < 1.29 is 13.9 Å². The van der Waals surface area contributed by atoms with Crippen LogP contribution in [0.1, 0.15) is 28.6 Å². The zero-order chi connectivity index (χ0) is 13.8. The number of nitrogens with one attached hydrogen (secondary N) is 1. The number of hydrogen-bond donors (Lipinski definition) is 1. The second kappa shape index (κ2) is 5.80. The maximum Gasteiger partial charge on any atom is 0.291 e. The molecule has 0 saturated carbocycles. The average molecular weight is 280 g/mol. The third-order valence-corrected chi connectivity index (χ3v) is 2.79. The van der Waals surface area contributed by atoms with Gasteiger partial charge in [0.15, 0.2) is 5.76 Å². The first-order chi connectivity index (χ1) is 9.10. The lowest BCUT2D eigenvalue weighted by molar-refractivity contribution is 0.0995. The molecule has 1 unspecified atom stereocenters. The van der Waals surface area contributed by atoms with E-state index in [4.69, 9.17) is 20.8 Å². The molecule has 2 aromatic rings. The van der Waals surface area contributed by atoms with Crippen molar-refractivity contribution in [3.8, 4) is 5.75 Å². The van der Waals surface area contributed by atoms with Crippen LogP contribution in [-0.2, 0) is 0 Å². The number of amides is 1. The van der Waals surface area contributed by atoms with Crippen LogP contribution in [-0.4, -0.2) is 13.0 Å². The lowest BCUT2D eigenvalue weighted by Gasteiger charge is -2.05. The Kier molecular flexibility index (Phi) is 4.12. The van der Waals surface area contributed by atoms with Crippen LogP contribution >= 0.6 is 11.6 Å². The van der Waals surface area contributed by atoms with E-state index in [0.29, 0.717) is 17.2 Å². The standard InChI is InChI=1S/C14H14ClNO3/c1-9(15)12-6-7-13(19-12)14(17)16-10-4-3-5-11(8-10)18-2/h3-9H,1-2H3,(H,16,17). The third kappa shape index (κ3) is 3.29. The van der Waals surface area contributed by atoms with Gasteiger partial charge >= 0.3 is 0 Å². The van der Waals surface area contributed by atoms with Gasteiger partial charge in [-0.1, -0.05) is 6.07 Å². The molecule has 0 aliphatic heterocycles. The molecule has 1 amide bonds. The summed E-state index contributed by atoms with van der Waals surface area (Å²) in [4.78, 5) is 12.0. The first-order valence-electron chi connectivity index (χ1n) is 5.79. The van der Waals surface area contributed by atoms with Crippen molar-refractivity contribution in [3.05, 3.63) is 47.9 Å². The average Bonchev–Trinajstić information content (AvgIpc) is 2.89. The summed E-state index contributed by atoms with van der Waals surface area (Å²) in [7, 11) is 1.57. The molecular formula is C14H14ClNO3. The second-order valence-corrected chi connectivity index (χ2v) is 4.66. The van der Waals surface area contributed by atoms with Gasteiger partial charge in [-0.05, 0) is 31.2 Å². The first kappa shape index (κ1) is 13.5. The van der Waals surface area contributed by atoms with Gasteiger partial charge in [-0.25, -0.2) is 0 Å². The van der Waals surface area contributed by atoms with E-state index in [0.717, 1.165) is 0 Å². The first-order valence-corrected chi connectivity index (χ1v) is 6.23. The van der Waals surface area contributed by atoms with Crippen LogP contribution in [0.5, 0.6) is 5.75 Å². The smallest absolute Gasteiger partial charge is 0.291 e. The van der Waals surface area contributed by atoms with Gasteiger partial charge in [0.25, 0.3) is 5.91 Å². The van der Waals surface area contributed by atoms with E-state index < -0.39 is 0 Å². The van der Waals surface area contributed by atoms with E-state index in [9.17, 15) is 4.79 Å². The van der Waals surface area contributed by atoms with Crippen molar-refractivity contribution in [2.45, 2.75) is 12.3 Å². The molecule has 1 aromatic heterocycles. The number of carbonyl (C=O) groups excluding carboxylic acids is 1. The largest absolute Gasteiger partial charge is 0.497 e. The highest BCUT2D eigenvalue weighted by Gasteiger charge is 2.14. The van der Waals surface area contributed by atoms with Gasteiger partial charge in [0.1, 0.15) is 11.5 Å². The zero-order valence-corrected chi connectivity index (χ0v) is 11.4. The number of hydrogen-bond acceptors (Lipinski definition) is 3. The molecule has 0 spiro atoms. The maximum atomic E-state index is 12.0. The molecular weight excluding hydrogens is 266 g/mol. The fraction of sp³-hybridized carbons (Fsp3) is 0.214. The summed E-state index contributed by atoms with van der Waals surface area (Å²) in [5.41, 5.74) is 0.640. The van der Waals surface area contributed by atoms with Gasteiger partial charge in [-0.3, -0.25) is 4.79 Å². The van der Waals surface area contributed by atoms with Crippen LogP contribution in [0.15, 0.2) is 40.8 Å². The summed E-state index contributed by atoms with van der Waals surface area (Å²) in [5, 5.41) is 2.46. The van der Waals surface area contributed by atoms with Gasteiger partial charge in [-0.2, -0.15) is 0 Å². The molecule has 1 heterocycles. The summed E-state index contributed by atoms with van der Waals surface area (Å²) in [6.07, 6.45) is 0. The molecule has 100 valence electrons. The molecule has 1 atom stereocenters. The van der Waals surface area contributed by atoms with Crippen LogP contribution in [0, 0.1) is 0 Å². The molecule has 5 heteroatoms. The van der Waals surface area contributed by atoms with Crippen LogP contribution in [0.2, 0.25) is 0 Å². The molecule has 0 saturated heterocycles. The molecule has 0 radical (unpaired) electrons. The summed E-state index contributed by atoms with van der Waals surface area (Å²) in [5.74, 6) is 1.15. The Balaban J connectivity index is 2.11. The highest BCUT2D eigenvalue weighted by Crippen LogP contribution is 2.23. The second-order valence-electron chi connectivity index (χ2n) is 4.00. The highest BCUT2D eigenvalue weighted by atomic mass is 35.5. The summed E-state index contributed by atoms with van der Waals surface area (Å²) >= 11 is 5.88. The predicted molar refractivity (Wildman–Crippen MR) is 73.9 cm³/mol. The Hall–Kier alpha value is -1.94. The third-order valence-electron chi connectivity index (χ3n) is 2.57. The van der Waals surface area contributed by atoms with Crippen LogP contribution in [0.3, 0.4) is 0 Å². The lowest BCUT2D eigenvalue weighted by atomic mass is 10.3. The minimum atomic E-state index is -0.322. The van der Waals surface area contributed by atoms with Gasteiger partial charge in [0, 0.05) is 11.8 Å². The molecule has 2 rings (SSSR count). The summed E-state index contributed by atoms with van der Waals surface area (Å²) in [6.45, 7) is 1.78. The maximum absolute atomic E-state index is 12.0. The number of ether oxygens (including phenoxy) is 1. The predicted octanol–water partition coefficient (Wildman–Crippen LogP) is 3.84. The van der Waals surface area contributed by atoms with Gasteiger partial charge in [-0.15, -0.1) is 11.6 Å². The molecule has 1 N–H and O–H groups in total. The van der Waals surface area contributed by atoms with Crippen molar-refractivity contribution in [3.63, 3.8) is 0 Å². The van der Waals surface area contributed by atoms with E-state index in [1.165, 1.54) is 0 Å². The molecule has 0 bridgehead atoms. The van der Waals surface area contributed by atoms with Crippen molar-refractivity contribution in [1.82, 2.24) is 0 Å². The van der Waals surface area contributed by atoms with Crippen LogP contribution in [0.4, 0.5) is 5.69 Å². The molecule has 0 aliphatic rings. The molecule has 19 heavy (non-hydrogen) atoms. The Morgan fingerprint density at radius 3 is 2.79 bits per heavy atom. The number of furan rings is 1. The van der Waals surface area contributed by atoms with E-state index in [2.05, 4.69) is 5.32 Å². The Morgan fingerprint density at radius 2 is 2.16 bits per heavy atom. The number of benzene rings is 1. The van der Waals surface area contributed by atoms with E-state index >= 15 is 0 Å². The number of rotatable bonds is 4. The molecule has 0 fully saturated rings. The number of alkyl halides is 1. The molecule has 0 aliphatic carbocycles. The van der Waals surface area contributed by atoms with Crippen molar-refractivity contribution >= 4 is 23.2 Å². The Labute approximate surface area is 116 Å². The topological polar surface area (TPSA) is 51.5 Å². The number of halogens is 1. The van der Waals surface area contributed by atoms with Crippen molar-refractivity contribution in [2.75, 3.05) is 12.4 Å². The van der Waals surface area contributed by atoms with E-state index in [-0.39, 0.29) is 17.0 Å². The minimum Gasteiger partial charge on any atom is -0.497 e. The van der Waals surface area contributed by atoms with Crippen LogP contribution in [0.25, 0.3) is 0 Å². The Morgan fingerprint density at radius 1 is 1.37 bits per heavy atom. The lowest BCUT2D eigenvalue weighted by Crippen LogP contribution is -2.10. The van der Waals surface area contributed by atoms with Crippen molar-refractivity contribution in [2.24, 2.45) is 0 Å². The van der Waals surface area contributed by atoms with E-state index in [1.807, 2.05) is 0 Å². The minimum absolute atomic E-state index is 0.227. The highest BCUT2D eigenvalue weighted by molar-refractivity contribution is 6.20. The normalized spacial score (nSPS) is 11.9. The number of carbonyl (C=O) groups is 1. The summed E-state index contributed by atoms with van der Waals surface area (Å²) in [6, 6.07) is 10.4. The van der Waals surface area contributed by atoms with Gasteiger partial charge < -0.3 is 14.5 Å². The van der Waals surface area contributed by atoms with Gasteiger partial charge in [0.05, 0.1) is 12.5 Å².